The fourth-order valence-electron chi connectivity index (χ4n) is 2.73. The molecule has 0 rings (SSSR count). The maximum Gasteiger partial charge on any atom is 0.303 e. The second-order valence-corrected chi connectivity index (χ2v) is 7.09. The Morgan fingerprint density at radius 2 is 1.66 bits per heavy atom. The van der Waals surface area contributed by atoms with Crippen molar-refractivity contribution in [2.24, 2.45) is 0 Å². The molecule has 0 aromatic heterocycles. The quantitative estimate of drug-likeness (QED) is 0.101. The SMILES string of the molecule is CCCCC[C@H](O)/C=C/C=C\C/C=C\C/C=C\CCCC(CCC(=O)O)[N+](=O)[O-]. The molecule has 0 aromatic rings. The van der Waals surface area contributed by atoms with Crippen LogP contribution >= 0.6 is 0 Å². The molecule has 0 aromatic carbocycles. The third-order valence-corrected chi connectivity index (χ3v) is 4.46. The molecule has 0 radical (unpaired) electrons. The highest BCUT2D eigenvalue weighted by atomic mass is 16.6. The number of carboxylic acids is 1. The molecule has 1 unspecified atom stereocenters. The van der Waals surface area contributed by atoms with Crippen molar-refractivity contribution in [3.05, 3.63) is 58.7 Å². The number of hydrogen-bond acceptors (Lipinski definition) is 4. The summed E-state index contributed by atoms with van der Waals surface area (Å²) in [6.45, 7) is 2.15. The van der Waals surface area contributed by atoms with Gasteiger partial charge < -0.3 is 10.2 Å². The molecule has 6 heteroatoms. The van der Waals surface area contributed by atoms with E-state index in [1.807, 2.05) is 36.5 Å². The number of hydrogen-bond donors (Lipinski definition) is 2. The van der Waals surface area contributed by atoms with Crippen LogP contribution in [0, 0.1) is 10.1 Å². The van der Waals surface area contributed by atoms with E-state index in [2.05, 4.69) is 19.1 Å². The van der Waals surface area contributed by atoms with E-state index < -0.39 is 12.0 Å². The summed E-state index contributed by atoms with van der Waals surface area (Å²) in [5.41, 5.74) is 0. The molecule has 0 saturated carbocycles. The van der Waals surface area contributed by atoms with Crippen molar-refractivity contribution < 1.29 is 19.9 Å². The summed E-state index contributed by atoms with van der Waals surface area (Å²) < 4.78 is 0. The number of aliphatic hydroxyl groups is 1. The molecular weight excluding hydrogens is 370 g/mol. The topological polar surface area (TPSA) is 101 Å². The fraction of sp³-hybridized carbons (Fsp3) is 0.609. The molecule has 29 heavy (non-hydrogen) atoms. The smallest absolute Gasteiger partial charge is 0.303 e. The van der Waals surface area contributed by atoms with Crippen LogP contribution in [0.25, 0.3) is 0 Å². The zero-order chi connectivity index (χ0) is 21.7. The lowest BCUT2D eigenvalue weighted by Crippen LogP contribution is -2.20. The van der Waals surface area contributed by atoms with E-state index in [1.54, 1.807) is 0 Å². The van der Waals surface area contributed by atoms with Crippen LogP contribution in [0.2, 0.25) is 0 Å². The Morgan fingerprint density at radius 3 is 2.31 bits per heavy atom. The number of carbonyl (C=O) groups is 1. The van der Waals surface area contributed by atoms with Crippen molar-refractivity contribution in [2.75, 3.05) is 0 Å². The van der Waals surface area contributed by atoms with Crippen molar-refractivity contribution in [3.63, 3.8) is 0 Å². The predicted octanol–water partition coefficient (Wildman–Crippen LogP) is 5.61. The van der Waals surface area contributed by atoms with E-state index >= 15 is 0 Å². The molecule has 0 saturated heterocycles. The number of rotatable bonds is 18. The standard InChI is InChI=1S/C23H37NO5/c1-2-3-13-17-22(25)18-15-12-10-8-6-4-5-7-9-11-14-16-21(24(28)29)19-20-23(26)27/h4,6-7,9-10,12,15,18,21-22,25H,2-3,5,8,11,13-14,16-17,19-20H2,1H3,(H,26,27)/b6-4-,9-7-,12-10-,18-15+/t21?,22-/m0/s1. The maximum atomic E-state index is 10.9. The molecule has 6 nitrogen and oxygen atoms in total. The van der Waals surface area contributed by atoms with Gasteiger partial charge in [-0.3, -0.25) is 14.9 Å². The lowest BCUT2D eigenvalue weighted by Gasteiger charge is -2.06. The van der Waals surface area contributed by atoms with Gasteiger partial charge in [0.25, 0.3) is 0 Å². The van der Waals surface area contributed by atoms with E-state index in [0.29, 0.717) is 12.8 Å². The predicted molar refractivity (Wildman–Crippen MR) is 117 cm³/mol. The van der Waals surface area contributed by atoms with Gasteiger partial charge in [-0.25, -0.2) is 0 Å². The molecule has 0 aliphatic rings. The molecule has 0 amide bonds. The molecule has 2 atom stereocenters. The van der Waals surface area contributed by atoms with Gasteiger partial charge in [0.05, 0.1) is 12.5 Å². The minimum atomic E-state index is -0.991. The van der Waals surface area contributed by atoms with Crippen LogP contribution in [0.3, 0.4) is 0 Å². The van der Waals surface area contributed by atoms with E-state index in [0.717, 1.165) is 44.9 Å². The number of unbranched alkanes of at least 4 members (excludes halogenated alkanes) is 3. The first-order chi connectivity index (χ1) is 14.0. The van der Waals surface area contributed by atoms with Crippen molar-refractivity contribution in [1.29, 1.82) is 0 Å². The van der Waals surface area contributed by atoms with Crippen LogP contribution in [0.5, 0.6) is 0 Å². The first-order valence-corrected chi connectivity index (χ1v) is 10.6. The third kappa shape index (κ3) is 18.9. The number of aliphatic hydroxyl groups excluding tert-OH is 1. The summed E-state index contributed by atoms with van der Waals surface area (Å²) in [6.07, 6.45) is 23.1. The normalized spacial score (nSPS) is 14.4. The summed E-state index contributed by atoms with van der Waals surface area (Å²) in [5, 5.41) is 29.3. The van der Waals surface area contributed by atoms with Crippen LogP contribution in [0.15, 0.2) is 48.6 Å². The number of aliphatic carboxylic acids is 1. The monoisotopic (exact) mass is 407 g/mol. The largest absolute Gasteiger partial charge is 0.481 e. The van der Waals surface area contributed by atoms with E-state index in [-0.39, 0.29) is 23.9 Å². The molecule has 0 spiro atoms. The highest BCUT2D eigenvalue weighted by Crippen LogP contribution is 2.11. The van der Waals surface area contributed by atoms with Gasteiger partial charge in [-0.15, -0.1) is 0 Å². The summed E-state index contributed by atoms with van der Waals surface area (Å²) in [5.74, 6) is -0.991. The zero-order valence-corrected chi connectivity index (χ0v) is 17.6. The van der Waals surface area contributed by atoms with Crippen LogP contribution in [0.4, 0.5) is 0 Å². The lowest BCUT2D eigenvalue weighted by atomic mass is 10.0. The van der Waals surface area contributed by atoms with Gasteiger partial charge in [0.1, 0.15) is 0 Å². The average Bonchev–Trinajstić information content (AvgIpc) is 2.67. The molecule has 0 heterocycles. The Bertz CT molecular complexity index is 551. The first kappa shape index (κ1) is 26.8. The molecule has 0 bridgehead atoms. The Balaban J connectivity index is 3.79. The number of allylic oxidation sites excluding steroid dienone is 7. The minimum absolute atomic E-state index is 0.0926. The number of carboxylic acid groups (broad SMARTS) is 1. The molecule has 0 fully saturated rings. The van der Waals surface area contributed by atoms with Gasteiger partial charge in [0, 0.05) is 17.8 Å². The summed E-state index contributed by atoms with van der Waals surface area (Å²) in [6, 6.07) is -0.766. The Labute approximate surface area is 174 Å². The van der Waals surface area contributed by atoms with Crippen LogP contribution in [0.1, 0.15) is 77.6 Å². The maximum absolute atomic E-state index is 10.9. The minimum Gasteiger partial charge on any atom is -0.481 e. The number of nitrogens with zero attached hydrogens (tertiary/aromatic N) is 1. The van der Waals surface area contributed by atoms with Crippen molar-refractivity contribution in [3.8, 4) is 0 Å². The summed E-state index contributed by atoms with van der Waals surface area (Å²) >= 11 is 0. The van der Waals surface area contributed by atoms with Gasteiger partial charge in [-0.05, 0) is 32.1 Å². The third-order valence-electron chi connectivity index (χ3n) is 4.46. The van der Waals surface area contributed by atoms with Crippen LogP contribution in [-0.2, 0) is 4.79 Å². The van der Waals surface area contributed by atoms with E-state index in [9.17, 15) is 20.0 Å². The van der Waals surface area contributed by atoms with Gasteiger partial charge in [0.2, 0.25) is 6.04 Å². The molecular formula is C23H37NO5. The van der Waals surface area contributed by atoms with E-state index in [4.69, 9.17) is 5.11 Å². The van der Waals surface area contributed by atoms with Gasteiger partial charge in [-0.1, -0.05) is 74.8 Å². The van der Waals surface area contributed by atoms with Gasteiger partial charge >= 0.3 is 5.97 Å². The van der Waals surface area contributed by atoms with Crippen LogP contribution < -0.4 is 0 Å². The Hall–Kier alpha value is -2.21. The summed E-state index contributed by atoms with van der Waals surface area (Å²) in [4.78, 5) is 21.0. The van der Waals surface area contributed by atoms with Gasteiger partial charge in [0.15, 0.2) is 0 Å². The zero-order valence-electron chi connectivity index (χ0n) is 17.6. The second-order valence-electron chi connectivity index (χ2n) is 7.09. The summed E-state index contributed by atoms with van der Waals surface area (Å²) in [7, 11) is 0. The Morgan fingerprint density at radius 1 is 0.966 bits per heavy atom. The fourth-order valence-corrected chi connectivity index (χ4v) is 2.73. The van der Waals surface area contributed by atoms with Crippen molar-refractivity contribution >= 4 is 5.97 Å². The van der Waals surface area contributed by atoms with Crippen LogP contribution in [-0.4, -0.2) is 33.3 Å². The second kappa shape index (κ2) is 19.1. The highest BCUT2D eigenvalue weighted by Gasteiger charge is 2.20. The Kier molecular flexibility index (Phi) is 17.7. The number of nitro groups is 1. The van der Waals surface area contributed by atoms with Gasteiger partial charge in [-0.2, -0.15) is 0 Å². The molecule has 164 valence electrons. The lowest BCUT2D eigenvalue weighted by molar-refractivity contribution is -0.524. The average molecular weight is 408 g/mol. The molecule has 0 aliphatic heterocycles. The molecule has 2 N–H and O–H groups in total. The highest BCUT2D eigenvalue weighted by molar-refractivity contribution is 5.66. The molecule has 0 aliphatic carbocycles. The first-order valence-electron chi connectivity index (χ1n) is 10.6. The van der Waals surface area contributed by atoms with E-state index in [1.165, 1.54) is 0 Å². The van der Waals surface area contributed by atoms with Crippen molar-refractivity contribution in [1.82, 2.24) is 0 Å². The van der Waals surface area contributed by atoms with Crippen molar-refractivity contribution in [2.45, 2.75) is 89.7 Å².